The highest BCUT2D eigenvalue weighted by Gasteiger charge is 2.60. The largest absolute Gasteiger partial charge is 0.426 e. The maximum Gasteiger partial charge on any atom is 0.317 e. The molecular weight excluding hydrogens is 732 g/mol. The Morgan fingerprint density at radius 3 is 1.20 bits per heavy atom. The molecule has 0 aromatic heterocycles. The van der Waals surface area contributed by atoms with Gasteiger partial charge in [-0.3, -0.25) is 47.9 Å². The van der Waals surface area contributed by atoms with E-state index in [1.165, 1.54) is 48.5 Å². The van der Waals surface area contributed by atoms with Crippen LogP contribution in [-0.4, -0.2) is 59.4 Å². The zero-order chi connectivity index (χ0) is 39.2. The standard InChI is InChI=1S/C40H34N2O14/c43-31-25-15-27-28(34(46)42(33(27)45)20-4-2-6-22(14-20)54-36(48)18-8-10-24-30(12-18)40(52)56-38(24)50)16-26(25)32(44)41(31)19-3-1-5-21(13-19)53-35(47)17-7-9-23-29(11-17)39(51)55-37(23)49/h1-6,13-14,17-18,23-30H,7-12,15-16H2. The summed E-state index contributed by atoms with van der Waals surface area (Å²) in [6.07, 6.45) is 1.44. The van der Waals surface area contributed by atoms with Crippen LogP contribution in [0.25, 0.3) is 0 Å². The molecular formula is C40H34N2O14. The highest BCUT2D eigenvalue weighted by Crippen LogP contribution is 2.50. The summed E-state index contributed by atoms with van der Waals surface area (Å²) in [6, 6.07) is 11.8. The minimum atomic E-state index is -0.870. The van der Waals surface area contributed by atoms with Crippen LogP contribution in [0.5, 0.6) is 11.5 Å². The molecule has 16 nitrogen and oxygen atoms in total. The van der Waals surface area contributed by atoms with Gasteiger partial charge in [0.25, 0.3) is 0 Å². The molecule has 3 saturated carbocycles. The average molecular weight is 767 g/mol. The molecule has 0 radical (unpaired) electrons. The maximum absolute atomic E-state index is 13.8. The topological polar surface area (TPSA) is 214 Å². The molecule has 9 rings (SSSR count). The summed E-state index contributed by atoms with van der Waals surface area (Å²) < 4.78 is 20.7. The van der Waals surface area contributed by atoms with Crippen molar-refractivity contribution in [2.75, 3.05) is 9.80 Å². The smallest absolute Gasteiger partial charge is 0.317 e. The van der Waals surface area contributed by atoms with Gasteiger partial charge in [0.15, 0.2) is 0 Å². The van der Waals surface area contributed by atoms with E-state index < -0.39 is 119 Å². The van der Waals surface area contributed by atoms with Gasteiger partial charge in [0.2, 0.25) is 23.6 Å². The van der Waals surface area contributed by atoms with Crippen LogP contribution in [0.15, 0.2) is 48.5 Å². The molecule has 0 N–H and O–H groups in total. The average Bonchev–Trinajstić information content (AvgIpc) is 3.82. The Kier molecular flexibility index (Phi) is 8.47. The molecule has 7 fully saturated rings. The van der Waals surface area contributed by atoms with Gasteiger partial charge in [-0.1, -0.05) is 12.1 Å². The second-order valence-corrected chi connectivity index (χ2v) is 15.7. The molecule has 4 saturated heterocycles. The fourth-order valence-electron chi connectivity index (χ4n) is 9.81. The van der Waals surface area contributed by atoms with E-state index in [0.29, 0.717) is 25.7 Å². The first-order chi connectivity index (χ1) is 26.9. The molecule has 56 heavy (non-hydrogen) atoms. The van der Waals surface area contributed by atoms with Crippen molar-refractivity contribution in [2.24, 2.45) is 59.2 Å². The normalized spacial score (nSPS) is 33.4. The van der Waals surface area contributed by atoms with Crippen molar-refractivity contribution in [3.8, 4) is 11.5 Å². The quantitative estimate of drug-likeness (QED) is 0.179. The Labute approximate surface area is 317 Å². The van der Waals surface area contributed by atoms with Crippen LogP contribution in [0.3, 0.4) is 0 Å². The molecule has 3 aliphatic carbocycles. The van der Waals surface area contributed by atoms with Crippen LogP contribution < -0.4 is 19.3 Å². The van der Waals surface area contributed by atoms with E-state index in [0.717, 1.165) is 9.80 Å². The fourth-order valence-corrected chi connectivity index (χ4v) is 9.81. The number of hydrogen-bond acceptors (Lipinski definition) is 14. The number of carbonyl (C=O) groups is 10. The first-order valence-electron chi connectivity index (χ1n) is 18.8. The Morgan fingerprint density at radius 1 is 0.464 bits per heavy atom. The molecule has 10 unspecified atom stereocenters. The highest BCUT2D eigenvalue weighted by atomic mass is 16.6. The number of ether oxygens (including phenoxy) is 4. The fraction of sp³-hybridized carbons (Fsp3) is 0.450. The molecule has 10 atom stereocenters. The minimum Gasteiger partial charge on any atom is -0.426 e. The first-order valence-corrected chi connectivity index (χ1v) is 18.8. The maximum atomic E-state index is 13.8. The molecule has 4 heterocycles. The van der Waals surface area contributed by atoms with Crippen molar-refractivity contribution >= 4 is 70.8 Å². The van der Waals surface area contributed by atoms with Crippen molar-refractivity contribution in [3.05, 3.63) is 48.5 Å². The van der Waals surface area contributed by atoms with Crippen molar-refractivity contribution in [3.63, 3.8) is 0 Å². The monoisotopic (exact) mass is 766 g/mol. The minimum absolute atomic E-state index is 0.0373. The Bertz CT molecular complexity index is 1990. The second-order valence-electron chi connectivity index (χ2n) is 15.7. The molecule has 2 aromatic carbocycles. The van der Waals surface area contributed by atoms with Crippen molar-refractivity contribution in [2.45, 2.75) is 51.4 Å². The number of amides is 4. The number of imide groups is 2. The van der Waals surface area contributed by atoms with Gasteiger partial charge < -0.3 is 18.9 Å². The summed E-state index contributed by atoms with van der Waals surface area (Å²) in [5, 5.41) is 0. The lowest BCUT2D eigenvalue weighted by atomic mass is 9.70. The number of anilines is 2. The number of esters is 6. The van der Waals surface area contributed by atoms with Crippen molar-refractivity contribution in [1.29, 1.82) is 0 Å². The third-order valence-electron chi connectivity index (χ3n) is 12.7. The molecule has 16 heteroatoms. The molecule has 4 amide bonds. The van der Waals surface area contributed by atoms with E-state index in [2.05, 4.69) is 0 Å². The van der Waals surface area contributed by atoms with Crippen LogP contribution in [0.1, 0.15) is 51.4 Å². The van der Waals surface area contributed by atoms with E-state index in [1.807, 2.05) is 0 Å². The number of rotatable bonds is 6. The third-order valence-corrected chi connectivity index (χ3v) is 12.7. The van der Waals surface area contributed by atoms with Crippen molar-refractivity contribution in [1.82, 2.24) is 0 Å². The lowest BCUT2D eigenvalue weighted by Crippen LogP contribution is -2.35. The Balaban J connectivity index is 0.853. The molecule has 0 spiro atoms. The summed E-state index contributed by atoms with van der Waals surface area (Å²) in [4.78, 5) is 131. The number of hydrogen-bond donors (Lipinski definition) is 0. The summed E-state index contributed by atoms with van der Waals surface area (Å²) in [7, 11) is 0. The predicted octanol–water partition coefficient (Wildman–Crippen LogP) is 2.43. The molecule has 4 aliphatic heterocycles. The SMILES string of the molecule is O=C(Oc1cccc(N2C(=O)C3CC4C(=O)N(c5cccc(OC(=O)C6CCC7C(=O)OC(=O)C7C6)c5)C(=O)C4CC3C2=O)c1)C1CCC2C(=O)OC(=O)C2C1. The zero-order valence-electron chi connectivity index (χ0n) is 29.7. The number of cyclic esters (lactones) is 4. The van der Waals surface area contributed by atoms with Crippen LogP contribution in [0.2, 0.25) is 0 Å². The van der Waals surface area contributed by atoms with Crippen molar-refractivity contribution < 1.29 is 66.9 Å². The van der Waals surface area contributed by atoms with E-state index in [-0.39, 0.29) is 48.6 Å². The van der Waals surface area contributed by atoms with Crippen LogP contribution >= 0.6 is 0 Å². The van der Waals surface area contributed by atoms with E-state index in [9.17, 15) is 47.9 Å². The van der Waals surface area contributed by atoms with Crippen LogP contribution in [0, 0.1) is 59.2 Å². The van der Waals surface area contributed by atoms with Crippen LogP contribution in [-0.2, 0) is 57.4 Å². The van der Waals surface area contributed by atoms with Gasteiger partial charge in [-0.25, -0.2) is 9.80 Å². The number of nitrogens with zero attached hydrogens (tertiary/aromatic N) is 2. The highest BCUT2D eigenvalue weighted by molar-refractivity contribution is 6.25. The van der Waals surface area contributed by atoms with E-state index >= 15 is 0 Å². The van der Waals surface area contributed by atoms with Gasteiger partial charge in [0.05, 0.1) is 70.6 Å². The van der Waals surface area contributed by atoms with Gasteiger partial charge in [0.1, 0.15) is 11.5 Å². The summed E-state index contributed by atoms with van der Waals surface area (Å²) in [5.41, 5.74) is 0.322. The second kappa shape index (κ2) is 13.3. The summed E-state index contributed by atoms with van der Waals surface area (Å²) in [6.45, 7) is 0. The lowest BCUT2D eigenvalue weighted by molar-refractivity contribution is -0.155. The molecule has 0 bridgehead atoms. The predicted molar refractivity (Wildman–Crippen MR) is 183 cm³/mol. The number of carbonyl (C=O) groups excluding carboxylic acids is 10. The summed E-state index contributed by atoms with van der Waals surface area (Å²) in [5.74, 6) is -13.0. The van der Waals surface area contributed by atoms with Gasteiger partial charge in [-0.05, 0) is 75.6 Å². The molecule has 2 aromatic rings. The molecule has 288 valence electrons. The molecule has 7 aliphatic rings. The number of fused-ring (bicyclic) bond motifs is 4. The first kappa shape index (κ1) is 35.6. The number of benzene rings is 2. The summed E-state index contributed by atoms with van der Waals surface area (Å²) >= 11 is 0. The van der Waals surface area contributed by atoms with E-state index in [1.54, 1.807) is 0 Å². The Hall–Kier alpha value is -6.06. The van der Waals surface area contributed by atoms with Gasteiger partial charge in [-0.2, -0.15) is 0 Å². The van der Waals surface area contributed by atoms with Gasteiger partial charge in [0, 0.05) is 12.1 Å². The lowest BCUT2D eigenvalue weighted by Gasteiger charge is -2.28. The van der Waals surface area contributed by atoms with Gasteiger partial charge >= 0.3 is 35.8 Å². The zero-order valence-corrected chi connectivity index (χ0v) is 29.7. The Morgan fingerprint density at radius 2 is 0.821 bits per heavy atom. The third kappa shape index (κ3) is 5.72. The van der Waals surface area contributed by atoms with Crippen LogP contribution in [0.4, 0.5) is 11.4 Å². The van der Waals surface area contributed by atoms with Gasteiger partial charge in [-0.15, -0.1) is 0 Å². The van der Waals surface area contributed by atoms with E-state index in [4.69, 9.17) is 18.9 Å².